The summed E-state index contributed by atoms with van der Waals surface area (Å²) >= 11 is 0. The van der Waals surface area contributed by atoms with E-state index in [1.165, 1.54) is 6.20 Å². The average molecular weight is 348 g/mol. The van der Waals surface area contributed by atoms with Crippen LogP contribution in [0.4, 0.5) is 0 Å². The Hall–Kier alpha value is -3.09. The van der Waals surface area contributed by atoms with Crippen LogP contribution in [-0.2, 0) is 6.54 Å². The number of carbonyl (C=O) groups excluding carboxylic acids is 1. The van der Waals surface area contributed by atoms with Crippen molar-refractivity contribution in [2.45, 2.75) is 19.4 Å². The zero-order valence-corrected chi connectivity index (χ0v) is 14.4. The molecule has 132 valence electrons. The Kier molecular flexibility index (Phi) is 4.68. The van der Waals surface area contributed by atoms with Crippen LogP contribution in [0.3, 0.4) is 0 Å². The van der Waals surface area contributed by atoms with E-state index in [-0.39, 0.29) is 5.91 Å². The molecule has 1 saturated heterocycles. The fraction of sp³-hybridized carbons (Fsp3) is 0.316. The van der Waals surface area contributed by atoms with Gasteiger partial charge in [-0.05, 0) is 24.8 Å². The number of carbonyl (C=O) groups is 1. The molecule has 7 heteroatoms. The minimum Gasteiger partial charge on any atom is -0.339 e. The fourth-order valence-electron chi connectivity index (χ4n) is 3.31. The number of benzene rings is 1. The highest BCUT2D eigenvalue weighted by Crippen LogP contribution is 2.21. The number of aromatic nitrogens is 5. The smallest absolute Gasteiger partial charge is 0.255 e. The first-order valence-corrected chi connectivity index (χ1v) is 8.81. The van der Waals surface area contributed by atoms with Crippen LogP contribution in [0, 0.1) is 5.92 Å². The Bertz CT molecular complexity index is 856. The lowest BCUT2D eigenvalue weighted by molar-refractivity contribution is 0.0680. The van der Waals surface area contributed by atoms with Gasteiger partial charge in [0.2, 0.25) is 0 Å². The minimum atomic E-state index is 0.0328. The summed E-state index contributed by atoms with van der Waals surface area (Å²) in [6, 6.07) is 11.8. The maximum atomic E-state index is 12.5. The van der Waals surface area contributed by atoms with Gasteiger partial charge >= 0.3 is 0 Å². The number of likely N-dealkylation sites (tertiary alicyclic amines) is 1. The van der Waals surface area contributed by atoms with E-state index >= 15 is 0 Å². The van der Waals surface area contributed by atoms with Gasteiger partial charge in [-0.3, -0.25) is 9.48 Å². The van der Waals surface area contributed by atoms with Gasteiger partial charge in [0.1, 0.15) is 5.69 Å². The quantitative estimate of drug-likeness (QED) is 0.723. The van der Waals surface area contributed by atoms with Gasteiger partial charge < -0.3 is 4.90 Å². The molecular formula is C19H20N6O. The molecule has 0 N–H and O–H groups in total. The third-order valence-corrected chi connectivity index (χ3v) is 4.79. The van der Waals surface area contributed by atoms with Crippen molar-refractivity contribution in [3.8, 4) is 11.3 Å². The van der Waals surface area contributed by atoms with Crippen molar-refractivity contribution in [1.29, 1.82) is 0 Å². The maximum Gasteiger partial charge on any atom is 0.255 e. The fourth-order valence-corrected chi connectivity index (χ4v) is 3.31. The summed E-state index contributed by atoms with van der Waals surface area (Å²) in [6.07, 6.45) is 7.00. The van der Waals surface area contributed by atoms with Crippen LogP contribution in [-0.4, -0.2) is 49.1 Å². The molecule has 1 aliphatic rings. The third-order valence-electron chi connectivity index (χ3n) is 4.79. The number of rotatable bonds is 4. The largest absolute Gasteiger partial charge is 0.339 e. The van der Waals surface area contributed by atoms with Gasteiger partial charge in [-0.25, -0.2) is 0 Å². The minimum absolute atomic E-state index is 0.0328. The van der Waals surface area contributed by atoms with E-state index in [1.54, 1.807) is 12.3 Å². The highest BCUT2D eigenvalue weighted by molar-refractivity contribution is 5.93. The molecule has 4 rings (SSSR count). The third kappa shape index (κ3) is 3.61. The van der Waals surface area contributed by atoms with Gasteiger partial charge in [0, 0.05) is 25.2 Å². The van der Waals surface area contributed by atoms with Crippen LogP contribution >= 0.6 is 0 Å². The van der Waals surface area contributed by atoms with Crippen molar-refractivity contribution >= 4 is 5.91 Å². The molecule has 1 fully saturated rings. The molecule has 2 aromatic heterocycles. The number of piperidine rings is 1. The maximum absolute atomic E-state index is 12.5. The van der Waals surface area contributed by atoms with Crippen LogP contribution in [0.25, 0.3) is 11.3 Å². The lowest BCUT2D eigenvalue weighted by atomic mass is 9.96. The molecule has 1 amide bonds. The van der Waals surface area contributed by atoms with E-state index in [0.29, 0.717) is 11.5 Å². The second kappa shape index (κ2) is 7.43. The number of nitrogens with zero attached hydrogens (tertiary/aromatic N) is 6. The highest BCUT2D eigenvalue weighted by Gasteiger charge is 2.24. The SMILES string of the molecule is O=C(c1ccnnc1)N1CCC(Cn2cc(-c3ccccc3)nn2)CC1. The first-order chi connectivity index (χ1) is 12.8. The standard InChI is InChI=1S/C19H20N6O/c26-19(17-6-9-20-21-12-17)24-10-7-15(8-11-24)13-25-14-18(22-23-25)16-4-2-1-3-5-16/h1-6,9,12,14-15H,7-8,10-11,13H2. The molecular weight excluding hydrogens is 328 g/mol. The molecule has 0 atom stereocenters. The lowest BCUT2D eigenvalue weighted by Crippen LogP contribution is -2.39. The van der Waals surface area contributed by atoms with E-state index in [1.807, 2.05) is 46.1 Å². The van der Waals surface area contributed by atoms with Crippen molar-refractivity contribution in [3.05, 3.63) is 60.6 Å². The predicted molar refractivity (Wildman–Crippen MR) is 96.1 cm³/mol. The molecule has 1 aromatic carbocycles. The number of hydrogen-bond donors (Lipinski definition) is 0. The number of hydrogen-bond acceptors (Lipinski definition) is 5. The molecule has 26 heavy (non-hydrogen) atoms. The molecule has 0 radical (unpaired) electrons. The molecule has 3 heterocycles. The van der Waals surface area contributed by atoms with Crippen LogP contribution in [0.15, 0.2) is 55.0 Å². The Morgan fingerprint density at radius 1 is 1.08 bits per heavy atom. The molecule has 3 aromatic rings. The normalized spacial score (nSPS) is 15.2. The first kappa shape index (κ1) is 16.4. The second-order valence-electron chi connectivity index (χ2n) is 6.56. The Morgan fingerprint density at radius 2 is 1.88 bits per heavy atom. The zero-order chi connectivity index (χ0) is 17.8. The van der Waals surface area contributed by atoms with Crippen molar-refractivity contribution in [2.24, 2.45) is 5.92 Å². The van der Waals surface area contributed by atoms with Gasteiger partial charge in [0.25, 0.3) is 5.91 Å². The van der Waals surface area contributed by atoms with Gasteiger partial charge in [-0.1, -0.05) is 35.5 Å². The topological polar surface area (TPSA) is 76.8 Å². The Labute approximate surface area is 151 Å². The molecule has 0 unspecified atom stereocenters. The Balaban J connectivity index is 1.33. The van der Waals surface area contributed by atoms with Crippen LogP contribution in [0.2, 0.25) is 0 Å². The molecule has 0 spiro atoms. The monoisotopic (exact) mass is 348 g/mol. The van der Waals surface area contributed by atoms with E-state index in [4.69, 9.17) is 0 Å². The molecule has 0 bridgehead atoms. The Morgan fingerprint density at radius 3 is 2.62 bits per heavy atom. The summed E-state index contributed by atoms with van der Waals surface area (Å²) in [4.78, 5) is 14.3. The summed E-state index contributed by atoms with van der Waals surface area (Å²) in [5.74, 6) is 0.533. The molecule has 0 saturated carbocycles. The summed E-state index contributed by atoms with van der Waals surface area (Å²) in [7, 11) is 0. The van der Waals surface area contributed by atoms with Gasteiger partial charge in [0.15, 0.2) is 0 Å². The van der Waals surface area contributed by atoms with Crippen molar-refractivity contribution in [1.82, 2.24) is 30.1 Å². The van der Waals surface area contributed by atoms with E-state index < -0.39 is 0 Å². The average Bonchev–Trinajstić information content (AvgIpc) is 3.18. The van der Waals surface area contributed by atoms with Gasteiger partial charge in [-0.15, -0.1) is 5.10 Å². The van der Waals surface area contributed by atoms with E-state index in [9.17, 15) is 4.79 Å². The van der Waals surface area contributed by atoms with E-state index in [2.05, 4.69) is 20.5 Å². The van der Waals surface area contributed by atoms with Crippen molar-refractivity contribution in [2.75, 3.05) is 13.1 Å². The predicted octanol–water partition coefficient (Wildman–Crippen LogP) is 2.29. The molecule has 7 nitrogen and oxygen atoms in total. The zero-order valence-electron chi connectivity index (χ0n) is 14.4. The molecule has 1 aliphatic heterocycles. The van der Waals surface area contributed by atoms with Gasteiger partial charge in [-0.2, -0.15) is 10.2 Å². The highest BCUT2D eigenvalue weighted by atomic mass is 16.2. The van der Waals surface area contributed by atoms with Crippen molar-refractivity contribution in [3.63, 3.8) is 0 Å². The van der Waals surface area contributed by atoms with Gasteiger partial charge in [0.05, 0.1) is 24.2 Å². The van der Waals surface area contributed by atoms with Crippen molar-refractivity contribution < 1.29 is 4.79 Å². The van der Waals surface area contributed by atoms with Crippen LogP contribution in [0.1, 0.15) is 23.2 Å². The second-order valence-corrected chi connectivity index (χ2v) is 6.56. The molecule has 0 aliphatic carbocycles. The summed E-state index contributed by atoms with van der Waals surface area (Å²) in [6.45, 7) is 2.34. The summed E-state index contributed by atoms with van der Waals surface area (Å²) in [5.41, 5.74) is 2.57. The van der Waals surface area contributed by atoms with Crippen LogP contribution in [0.5, 0.6) is 0 Å². The summed E-state index contributed by atoms with van der Waals surface area (Å²) in [5, 5.41) is 16.0. The number of amides is 1. The lowest BCUT2D eigenvalue weighted by Gasteiger charge is -2.31. The van der Waals surface area contributed by atoms with E-state index in [0.717, 1.165) is 43.7 Å². The van der Waals surface area contributed by atoms with Crippen LogP contribution < -0.4 is 0 Å². The first-order valence-electron chi connectivity index (χ1n) is 8.81. The summed E-state index contributed by atoms with van der Waals surface area (Å²) < 4.78 is 1.91.